The molecule has 0 fully saturated rings. The number of carboxylic acid groups (broad SMARTS) is 2. The smallest absolute Gasteiger partial charge is 0.354 e. The van der Waals surface area contributed by atoms with E-state index in [4.69, 9.17) is 10.2 Å². The van der Waals surface area contributed by atoms with E-state index in [9.17, 15) is 9.59 Å². The molecule has 0 unspecified atom stereocenters. The number of benzene rings is 1. The number of hydrogen-bond donors (Lipinski definition) is 2. The predicted octanol–water partition coefficient (Wildman–Crippen LogP) is 2.45. The van der Waals surface area contributed by atoms with Crippen LogP contribution in [0.4, 0.5) is 0 Å². The zero-order valence-corrected chi connectivity index (χ0v) is 10.1. The molecule has 5 nitrogen and oxygen atoms in total. The number of aromatic carboxylic acids is 2. The van der Waals surface area contributed by atoms with E-state index in [0.29, 0.717) is 5.56 Å². The van der Waals surface area contributed by atoms with Crippen LogP contribution in [-0.4, -0.2) is 27.1 Å². The van der Waals surface area contributed by atoms with E-state index >= 15 is 0 Å². The van der Waals surface area contributed by atoms with E-state index < -0.39 is 11.9 Å². The van der Waals surface area contributed by atoms with Gasteiger partial charge in [0.2, 0.25) is 0 Å². The fourth-order valence-corrected chi connectivity index (χ4v) is 1.74. The van der Waals surface area contributed by atoms with Gasteiger partial charge in [-0.05, 0) is 30.2 Å². The van der Waals surface area contributed by atoms with Crippen molar-refractivity contribution in [3.8, 4) is 11.1 Å². The molecule has 0 atom stereocenters. The van der Waals surface area contributed by atoms with Crippen LogP contribution in [0.2, 0.25) is 0 Å². The highest BCUT2D eigenvalue weighted by Crippen LogP contribution is 2.22. The number of rotatable bonds is 3. The fourth-order valence-electron chi connectivity index (χ4n) is 1.74. The van der Waals surface area contributed by atoms with Crippen LogP contribution in [0.15, 0.2) is 36.4 Å². The lowest BCUT2D eigenvalue weighted by atomic mass is 10.0. The van der Waals surface area contributed by atoms with Gasteiger partial charge in [-0.15, -0.1) is 0 Å². The van der Waals surface area contributed by atoms with Crippen LogP contribution in [0.1, 0.15) is 26.5 Å². The number of carbonyl (C=O) groups is 2. The van der Waals surface area contributed by atoms with Crippen molar-refractivity contribution < 1.29 is 19.8 Å². The van der Waals surface area contributed by atoms with E-state index in [1.165, 1.54) is 12.1 Å². The molecule has 0 aliphatic carbocycles. The van der Waals surface area contributed by atoms with Gasteiger partial charge in [0.05, 0.1) is 0 Å². The quantitative estimate of drug-likeness (QED) is 0.881. The first-order valence-electron chi connectivity index (χ1n) is 5.53. The summed E-state index contributed by atoms with van der Waals surface area (Å²) in [6, 6.07) is 10.1. The first kappa shape index (κ1) is 12.8. The molecule has 2 N–H and O–H groups in total. The molecule has 96 valence electrons. The van der Waals surface area contributed by atoms with Gasteiger partial charge in [-0.3, -0.25) is 0 Å². The maximum Gasteiger partial charge on any atom is 0.354 e. The maximum atomic E-state index is 11.0. The molecule has 0 saturated heterocycles. The Morgan fingerprint density at radius 2 is 1.53 bits per heavy atom. The average molecular weight is 257 g/mol. The molecule has 0 spiro atoms. The largest absolute Gasteiger partial charge is 0.477 e. The van der Waals surface area contributed by atoms with E-state index in [-0.39, 0.29) is 11.4 Å². The second-order valence-corrected chi connectivity index (χ2v) is 4.11. The third-order valence-electron chi connectivity index (χ3n) is 2.61. The van der Waals surface area contributed by atoms with Crippen molar-refractivity contribution in [2.24, 2.45) is 0 Å². The minimum atomic E-state index is -1.25. The molecule has 0 amide bonds. The highest BCUT2D eigenvalue weighted by atomic mass is 16.4. The summed E-state index contributed by atoms with van der Waals surface area (Å²) in [4.78, 5) is 25.5. The molecular weight excluding hydrogens is 246 g/mol. The lowest BCUT2D eigenvalue weighted by Crippen LogP contribution is -2.07. The van der Waals surface area contributed by atoms with Gasteiger partial charge in [0.1, 0.15) is 11.4 Å². The van der Waals surface area contributed by atoms with Gasteiger partial charge in [0, 0.05) is 0 Å². The number of hydrogen-bond acceptors (Lipinski definition) is 3. The van der Waals surface area contributed by atoms with Gasteiger partial charge in [-0.25, -0.2) is 14.6 Å². The third kappa shape index (κ3) is 2.77. The minimum absolute atomic E-state index is 0.281. The lowest BCUT2D eigenvalue weighted by molar-refractivity contribution is 0.0685. The Labute approximate surface area is 109 Å². The van der Waals surface area contributed by atoms with Crippen LogP contribution in [0.25, 0.3) is 11.1 Å². The van der Waals surface area contributed by atoms with Gasteiger partial charge in [-0.1, -0.05) is 29.8 Å². The molecule has 0 aliphatic heterocycles. The number of pyridine rings is 1. The second kappa shape index (κ2) is 4.89. The van der Waals surface area contributed by atoms with Crippen LogP contribution in [0, 0.1) is 6.92 Å². The SMILES string of the molecule is Cc1cccc(-c2cc(C(=O)O)nc(C(=O)O)c2)c1. The fraction of sp³-hybridized carbons (Fsp3) is 0.0714. The third-order valence-corrected chi connectivity index (χ3v) is 2.61. The summed E-state index contributed by atoms with van der Waals surface area (Å²) in [5.41, 5.74) is 1.72. The molecule has 0 aliphatic rings. The van der Waals surface area contributed by atoms with Crippen LogP contribution >= 0.6 is 0 Å². The minimum Gasteiger partial charge on any atom is -0.477 e. The van der Waals surface area contributed by atoms with Gasteiger partial charge >= 0.3 is 11.9 Å². The zero-order chi connectivity index (χ0) is 14.0. The summed E-state index contributed by atoms with van der Waals surface area (Å²) in [7, 11) is 0. The molecule has 2 aromatic rings. The molecular formula is C14H11NO4. The summed E-state index contributed by atoms with van der Waals surface area (Å²) < 4.78 is 0. The predicted molar refractivity (Wildman–Crippen MR) is 68.3 cm³/mol. The van der Waals surface area contributed by atoms with Crippen molar-refractivity contribution in [1.82, 2.24) is 4.98 Å². The summed E-state index contributed by atoms with van der Waals surface area (Å²) in [5.74, 6) is -2.51. The Bertz CT molecular complexity index is 632. The van der Waals surface area contributed by atoms with Crippen molar-refractivity contribution in [2.45, 2.75) is 6.92 Å². The Hall–Kier alpha value is -2.69. The van der Waals surface area contributed by atoms with Crippen molar-refractivity contribution in [1.29, 1.82) is 0 Å². The van der Waals surface area contributed by atoms with Gasteiger partial charge in [-0.2, -0.15) is 0 Å². The maximum absolute atomic E-state index is 11.0. The second-order valence-electron chi connectivity index (χ2n) is 4.11. The molecule has 0 saturated carbocycles. The van der Waals surface area contributed by atoms with E-state index in [1.54, 1.807) is 6.07 Å². The van der Waals surface area contributed by atoms with Gasteiger partial charge in [0.25, 0.3) is 0 Å². The normalized spacial score (nSPS) is 10.2. The zero-order valence-electron chi connectivity index (χ0n) is 10.1. The molecule has 1 aromatic carbocycles. The van der Waals surface area contributed by atoms with E-state index in [0.717, 1.165) is 11.1 Å². The number of aryl methyl sites for hydroxylation is 1. The Morgan fingerprint density at radius 1 is 0.947 bits per heavy atom. The molecule has 5 heteroatoms. The Balaban J connectivity index is 2.62. The first-order valence-corrected chi connectivity index (χ1v) is 5.53. The van der Waals surface area contributed by atoms with Crippen LogP contribution < -0.4 is 0 Å². The van der Waals surface area contributed by atoms with Crippen LogP contribution in [-0.2, 0) is 0 Å². The average Bonchev–Trinajstić information content (AvgIpc) is 2.38. The summed E-state index contributed by atoms with van der Waals surface area (Å²) in [5, 5.41) is 17.9. The van der Waals surface area contributed by atoms with E-state index in [2.05, 4.69) is 4.98 Å². The topological polar surface area (TPSA) is 87.5 Å². The van der Waals surface area contributed by atoms with Crippen LogP contribution in [0.3, 0.4) is 0 Å². The summed E-state index contributed by atoms with van der Waals surface area (Å²) >= 11 is 0. The molecule has 1 heterocycles. The molecule has 1 aromatic heterocycles. The monoisotopic (exact) mass is 257 g/mol. The molecule has 0 bridgehead atoms. The number of nitrogens with zero attached hydrogens (tertiary/aromatic N) is 1. The van der Waals surface area contributed by atoms with Crippen molar-refractivity contribution in [3.05, 3.63) is 53.3 Å². The van der Waals surface area contributed by atoms with E-state index in [1.807, 2.05) is 25.1 Å². The number of aromatic nitrogens is 1. The highest BCUT2D eigenvalue weighted by molar-refractivity contribution is 5.92. The van der Waals surface area contributed by atoms with Gasteiger partial charge < -0.3 is 10.2 Å². The first-order chi connectivity index (χ1) is 8.97. The molecule has 19 heavy (non-hydrogen) atoms. The van der Waals surface area contributed by atoms with Crippen LogP contribution in [0.5, 0.6) is 0 Å². The van der Waals surface area contributed by atoms with Crippen molar-refractivity contribution >= 4 is 11.9 Å². The summed E-state index contributed by atoms with van der Waals surface area (Å²) in [6.45, 7) is 1.90. The standard InChI is InChI=1S/C14H11NO4/c1-8-3-2-4-9(5-8)10-6-11(13(16)17)15-12(7-10)14(18)19/h2-7H,1H3,(H,16,17)(H,18,19). The Kier molecular flexibility index (Phi) is 3.29. The highest BCUT2D eigenvalue weighted by Gasteiger charge is 2.14. The van der Waals surface area contributed by atoms with Crippen molar-refractivity contribution in [2.75, 3.05) is 0 Å². The van der Waals surface area contributed by atoms with Crippen molar-refractivity contribution in [3.63, 3.8) is 0 Å². The number of carboxylic acids is 2. The Morgan fingerprint density at radius 3 is 2.00 bits per heavy atom. The molecule has 0 radical (unpaired) electrons. The molecule has 2 rings (SSSR count). The lowest BCUT2D eigenvalue weighted by Gasteiger charge is -2.06. The van der Waals surface area contributed by atoms with Gasteiger partial charge in [0.15, 0.2) is 0 Å². The summed E-state index contributed by atoms with van der Waals surface area (Å²) in [6.07, 6.45) is 0.